The van der Waals surface area contributed by atoms with Gasteiger partial charge in [0.2, 0.25) is 17.2 Å². The van der Waals surface area contributed by atoms with Gasteiger partial charge in [-0.3, -0.25) is 4.90 Å². The van der Waals surface area contributed by atoms with Crippen LogP contribution in [-0.2, 0) is 0 Å². The summed E-state index contributed by atoms with van der Waals surface area (Å²) < 4.78 is 0. The van der Waals surface area contributed by atoms with E-state index in [-0.39, 0.29) is 0 Å². The third-order valence-corrected chi connectivity index (χ3v) is 5.01. The van der Waals surface area contributed by atoms with Crippen LogP contribution < -0.4 is 9.80 Å². The highest BCUT2D eigenvalue weighted by Gasteiger charge is 2.32. The minimum Gasteiger partial charge on any atom is -0.341 e. The van der Waals surface area contributed by atoms with Gasteiger partial charge in [0.15, 0.2) is 0 Å². The van der Waals surface area contributed by atoms with Crippen LogP contribution in [0.3, 0.4) is 0 Å². The van der Waals surface area contributed by atoms with Gasteiger partial charge in [-0.15, -0.1) is 0 Å². The maximum Gasteiger partial charge on any atom is 0.231 e. The van der Waals surface area contributed by atoms with Crippen molar-refractivity contribution in [3.8, 4) is 0 Å². The molecule has 114 valence electrons. The van der Waals surface area contributed by atoms with Crippen molar-refractivity contribution in [2.24, 2.45) is 0 Å². The van der Waals surface area contributed by atoms with Crippen molar-refractivity contribution in [3.05, 3.63) is 5.28 Å². The van der Waals surface area contributed by atoms with Gasteiger partial charge in [0.05, 0.1) is 0 Å². The fourth-order valence-corrected chi connectivity index (χ4v) is 3.85. The molecule has 4 rings (SSSR count). The molecule has 0 aromatic carbocycles. The average Bonchev–Trinajstić information content (AvgIpc) is 3.17. The summed E-state index contributed by atoms with van der Waals surface area (Å²) in [5.41, 5.74) is 0. The summed E-state index contributed by atoms with van der Waals surface area (Å²) in [7, 11) is 0. The van der Waals surface area contributed by atoms with E-state index >= 15 is 0 Å². The number of halogens is 1. The van der Waals surface area contributed by atoms with Gasteiger partial charge in [-0.05, 0) is 43.8 Å². The van der Waals surface area contributed by atoms with Crippen molar-refractivity contribution < 1.29 is 0 Å². The van der Waals surface area contributed by atoms with Crippen molar-refractivity contribution in [3.63, 3.8) is 0 Å². The van der Waals surface area contributed by atoms with Crippen molar-refractivity contribution in [1.29, 1.82) is 0 Å². The van der Waals surface area contributed by atoms with E-state index in [4.69, 9.17) is 11.6 Å². The first kappa shape index (κ1) is 13.5. The Hall–Kier alpha value is -1.14. The lowest BCUT2D eigenvalue weighted by Crippen LogP contribution is -2.50. The van der Waals surface area contributed by atoms with E-state index in [0.717, 1.165) is 44.6 Å². The van der Waals surface area contributed by atoms with Gasteiger partial charge < -0.3 is 9.80 Å². The van der Waals surface area contributed by atoms with Crippen LogP contribution in [0.5, 0.6) is 0 Å². The molecule has 0 radical (unpaired) electrons. The van der Waals surface area contributed by atoms with Crippen molar-refractivity contribution in [2.75, 3.05) is 49.1 Å². The number of hydrogen-bond donors (Lipinski definition) is 0. The minimum atomic E-state index is 0.316. The quantitative estimate of drug-likeness (QED) is 0.823. The van der Waals surface area contributed by atoms with E-state index in [0.29, 0.717) is 11.3 Å². The molecular formula is C14H21ClN6. The molecule has 1 atom stereocenters. The molecular weight excluding hydrogens is 288 g/mol. The van der Waals surface area contributed by atoms with E-state index in [1.807, 2.05) is 0 Å². The van der Waals surface area contributed by atoms with Crippen molar-refractivity contribution in [1.82, 2.24) is 19.9 Å². The van der Waals surface area contributed by atoms with Gasteiger partial charge >= 0.3 is 0 Å². The van der Waals surface area contributed by atoms with E-state index in [2.05, 4.69) is 29.7 Å². The highest BCUT2D eigenvalue weighted by molar-refractivity contribution is 6.28. The highest BCUT2D eigenvalue weighted by atomic mass is 35.5. The number of fused-ring (bicyclic) bond motifs is 1. The molecule has 3 saturated heterocycles. The predicted octanol–water partition coefficient (Wildman–Crippen LogP) is 1.41. The van der Waals surface area contributed by atoms with Gasteiger partial charge in [-0.1, -0.05) is 0 Å². The molecule has 7 heteroatoms. The third-order valence-electron chi connectivity index (χ3n) is 4.84. The molecule has 1 unspecified atom stereocenters. The summed E-state index contributed by atoms with van der Waals surface area (Å²) in [5, 5.41) is 0.316. The lowest BCUT2D eigenvalue weighted by atomic mass is 10.2. The molecule has 0 bridgehead atoms. The van der Waals surface area contributed by atoms with Crippen molar-refractivity contribution >= 4 is 23.5 Å². The maximum atomic E-state index is 6.13. The molecule has 3 aliphatic rings. The van der Waals surface area contributed by atoms with Crippen LogP contribution in [0, 0.1) is 0 Å². The van der Waals surface area contributed by atoms with E-state index in [1.54, 1.807) is 0 Å². The highest BCUT2D eigenvalue weighted by Crippen LogP contribution is 2.25. The van der Waals surface area contributed by atoms with E-state index in [9.17, 15) is 0 Å². The standard InChI is InChI=1S/C14H21ClN6/c15-12-16-13(20-5-1-2-6-20)18-14(17-12)21-9-8-19-7-3-4-11(19)10-21/h11H,1-10H2. The number of anilines is 2. The number of hydrogen-bond acceptors (Lipinski definition) is 6. The van der Waals surface area contributed by atoms with Gasteiger partial charge in [0.1, 0.15) is 0 Å². The van der Waals surface area contributed by atoms with Crippen molar-refractivity contribution in [2.45, 2.75) is 31.7 Å². The number of rotatable bonds is 2. The lowest BCUT2D eigenvalue weighted by Gasteiger charge is -2.37. The first-order valence-corrected chi connectivity index (χ1v) is 8.33. The summed E-state index contributed by atoms with van der Waals surface area (Å²) in [4.78, 5) is 20.4. The Balaban J connectivity index is 1.56. The molecule has 4 heterocycles. The lowest BCUT2D eigenvalue weighted by molar-refractivity contribution is 0.229. The first-order valence-electron chi connectivity index (χ1n) is 7.95. The Morgan fingerprint density at radius 3 is 2.38 bits per heavy atom. The Labute approximate surface area is 130 Å². The molecule has 1 aromatic rings. The van der Waals surface area contributed by atoms with Crippen LogP contribution in [0.15, 0.2) is 0 Å². The van der Waals surface area contributed by atoms with Crippen LogP contribution in [0.4, 0.5) is 11.9 Å². The Kier molecular flexibility index (Phi) is 3.59. The topological polar surface area (TPSA) is 48.4 Å². The summed E-state index contributed by atoms with van der Waals surface area (Å²) >= 11 is 6.13. The number of nitrogens with zero attached hydrogens (tertiary/aromatic N) is 6. The first-order chi connectivity index (χ1) is 10.3. The van der Waals surface area contributed by atoms with Crippen LogP contribution in [-0.4, -0.2) is 65.2 Å². The van der Waals surface area contributed by atoms with Crippen LogP contribution >= 0.6 is 11.6 Å². The summed E-state index contributed by atoms with van der Waals surface area (Å²) in [6.45, 7) is 6.39. The smallest absolute Gasteiger partial charge is 0.231 e. The fraction of sp³-hybridized carbons (Fsp3) is 0.786. The van der Waals surface area contributed by atoms with Crippen LogP contribution in [0.25, 0.3) is 0 Å². The van der Waals surface area contributed by atoms with E-state index < -0.39 is 0 Å². The van der Waals surface area contributed by atoms with Gasteiger partial charge in [-0.25, -0.2) is 0 Å². The Morgan fingerprint density at radius 1 is 0.810 bits per heavy atom. The third kappa shape index (κ3) is 2.66. The average molecular weight is 309 g/mol. The predicted molar refractivity (Wildman–Crippen MR) is 83.1 cm³/mol. The monoisotopic (exact) mass is 308 g/mol. The largest absolute Gasteiger partial charge is 0.341 e. The Morgan fingerprint density at radius 2 is 1.57 bits per heavy atom. The van der Waals surface area contributed by atoms with Gasteiger partial charge in [0.25, 0.3) is 0 Å². The molecule has 3 fully saturated rings. The molecule has 0 N–H and O–H groups in total. The molecule has 1 aromatic heterocycles. The zero-order valence-electron chi connectivity index (χ0n) is 12.2. The molecule has 3 aliphatic heterocycles. The molecule has 21 heavy (non-hydrogen) atoms. The second-order valence-electron chi connectivity index (χ2n) is 6.18. The minimum absolute atomic E-state index is 0.316. The molecule has 0 amide bonds. The zero-order valence-corrected chi connectivity index (χ0v) is 13.0. The summed E-state index contributed by atoms with van der Waals surface area (Å²) in [6, 6.07) is 0.657. The molecule has 0 spiro atoms. The number of piperazine rings is 1. The van der Waals surface area contributed by atoms with E-state index in [1.165, 1.54) is 32.2 Å². The molecule has 6 nitrogen and oxygen atoms in total. The molecule has 0 saturated carbocycles. The Bertz CT molecular complexity index is 518. The SMILES string of the molecule is Clc1nc(N2CCCC2)nc(N2CCN3CCCC3C2)n1. The summed E-state index contributed by atoms with van der Waals surface area (Å²) in [6.07, 6.45) is 5.02. The van der Waals surface area contributed by atoms with Crippen LogP contribution in [0.2, 0.25) is 5.28 Å². The summed E-state index contributed by atoms with van der Waals surface area (Å²) in [5.74, 6) is 1.50. The molecule has 0 aliphatic carbocycles. The maximum absolute atomic E-state index is 6.13. The number of aromatic nitrogens is 3. The zero-order chi connectivity index (χ0) is 14.2. The second-order valence-corrected chi connectivity index (χ2v) is 6.51. The van der Waals surface area contributed by atoms with Crippen LogP contribution in [0.1, 0.15) is 25.7 Å². The fourth-order valence-electron chi connectivity index (χ4n) is 3.70. The normalized spacial score (nSPS) is 26.4. The second kappa shape index (κ2) is 5.57. The van der Waals surface area contributed by atoms with Gasteiger partial charge in [-0.2, -0.15) is 15.0 Å². The van der Waals surface area contributed by atoms with Gasteiger partial charge in [0, 0.05) is 38.8 Å².